The van der Waals surface area contributed by atoms with Gasteiger partial charge in [0.1, 0.15) is 0 Å². The Bertz CT molecular complexity index is 482. The van der Waals surface area contributed by atoms with Crippen molar-refractivity contribution in [3.05, 3.63) is 29.8 Å². The summed E-state index contributed by atoms with van der Waals surface area (Å²) >= 11 is 0.466. The number of halogens is 3. The van der Waals surface area contributed by atoms with Gasteiger partial charge in [0, 0.05) is 17.0 Å². The molecule has 21 heavy (non-hydrogen) atoms. The second kappa shape index (κ2) is 7.42. The first-order chi connectivity index (χ1) is 9.44. The van der Waals surface area contributed by atoms with Crippen molar-refractivity contribution in [3.63, 3.8) is 0 Å². The van der Waals surface area contributed by atoms with Gasteiger partial charge in [-0.15, -0.1) is 12.4 Å². The molecule has 1 aromatic carbocycles. The highest BCUT2D eigenvalue weighted by Gasteiger charge is 2.41. The molecule has 1 saturated carbocycles. The average Bonchev–Trinajstić information content (AvgIpc) is 3.23. The van der Waals surface area contributed by atoms with Crippen molar-refractivity contribution in [1.29, 1.82) is 0 Å². The van der Waals surface area contributed by atoms with Gasteiger partial charge in [-0.1, -0.05) is 11.8 Å². The molecular formula is C14H19ClF2N2OS. The predicted molar refractivity (Wildman–Crippen MR) is 83.2 cm³/mol. The maximum atomic E-state index is 12.2. The Morgan fingerprint density at radius 1 is 1.43 bits per heavy atom. The van der Waals surface area contributed by atoms with E-state index in [2.05, 4.69) is 5.32 Å². The van der Waals surface area contributed by atoms with Crippen LogP contribution in [0.15, 0.2) is 29.2 Å². The molecule has 0 heterocycles. The molecule has 1 amide bonds. The summed E-state index contributed by atoms with van der Waals surface area (Å²) in [4.78, 5) is 12.6. The van der Waals surface area contributed by atoms with Gasteiger partial charge in [0.2, 0.25) is 0 Å². The molecule has 1 fully saturated rings. The lowest BCUT2D eigenvalue weighted by molar-refractivity contribution is 0.0898. The summed E-state index contributed by atoms with van der Waals surface area (Å²) in [6.07, 6.45) is 2.16. The van der Waals surface area contributed by atoms with Gasteiger partial charge >= 0.3 is 0 Å². The van der Waals surface area contributed by atoms with E-state index in [0.29, 0.717) is 34.7 Å². The number of thioether (sulfide) groups is 1. The summed E-state index contributed by atoms with van der Waals surface area (Å²) in [7, 11) is 0. The van der Waals surface area contributed by atoms with Crippen molar-refractivity contribution < 1.29 is 13.6 Å². The van der Waals surface area contributed by atoms with E-state index in [1.165, 1.54) is 12.1 Å². The van der Waals surface area contributed by atoms with Crippen molar-refractivity contribution in [2.24, 2.45) is 11.7 Å². The van der Waals surface area contributed by atoms with Crippen molar-refractivity contribution in [1.82, 2.24) is 5.32 Å². The van der Waals surface area contributed by atoms with Crippen LogP contribution >= 0.6 is 24.2 Å². The zero-order chi connectivity index (χ0) is 14.8. The molecule has 1 unspecified atom stereocenters. The SMILES string of the molecule is CC(CN)(NC(=O)c1ccc(SC(F)F)cc1)C1CC1.Cl. The van der Waals surface area contributed by atoms with E-state index in [4.69, 9.17) is 5.73 Å². The molecule has 0 bridgehead atoms. The first-order valence-corrected chi connectivity index (χ1v) is 7.40. The van der Waals surface area contributed by atoms with E-state index in [-0.39, 0.29) is 23.9 Å². The summed E-state index contributed by atoms with van der Waals surface area (Å²) in [5, 5.41) is 2.96. The molecule has 0 spiro atoms. The summed E-state index contributed by atoms with van der Waals surface area (Å²) in [5.41, 5.74) is 5.83. The van der Waals surface area contributed by atoms with Gasteiger partial charge in [0.05, 0.1) is 5.54 Å². The molecule has 1 aliphatic rings. The minimum Gasteiger partial charge on any atom is -0.345 e. The summed E-state index contributed by atoms with van der Waals surface area (Å²) in [6.45, 7) is 2.34. The van der Waals surface area contributed by atoms with Crippen molar-refractivity contribution in [3.8, 4) is 0 Å². The number of nitrogens with one attached hydrogen (secondary N) is 1. The number of nitrogens with two attached hydrogens (primary N) is 1. The predicted octanol–water partition coefficient (Wildman–Crippen LogP) is 3.28. The average molecular weight is 337 g/mol. The van der Waals surface area contributed by atoms with E-state index in [0.717, 1.165) is 12.8 Å². The Hall–Kier alpha value is -0.850. The number of carbonyl (C=O) groups is 1. The Morgan fingerprint density at radius 2 is 2.00 bits per heavy atom. The number of rotatable bonds is 6. The second-order valence-corrected chi connectivity index (χ2v) is 6.32. The number of benzene rings is 1. The molecular weight excluding hydrogens is 318 g/mol. The van der Waals surface area contributed by atoms with Crippen molar-refractivity contribution >= 4 is 30.1 Å². The number of carbonyl (C=O) groups excluding carboxylic acids is 1. The van der Waals surface area contributed by atoms with Crippen LogP contribution < -0.4 is 11.1 Å². The largest absolute Gasteiger partial charge is 0.345 e. The van der Waals surface area contributed by atoms with Gasteiger partial charge in [0.25, 0.3) is 11.7 Å². The molecule has 118 valence electrons. The third kappa shape index (κ3) is 4.83. The molecule has 0 saturated heterocycles. The fraction of sp³-hybridized carbons (Fsp3) is 0.500. The monoisotopic (exact) mass is 336 g/mol. The summed E-state index contributed by atoms with van der Waals surface area (Å²) in [5.74, 6) is -2.23. The molecule has 1 aromatic rings. The second-order valence-electron chi connectivity index (χ2n) is 5.25. The third-order valence-electron chi connectivity index (χ3n) is 3.64. The van der Waals surface area contributed by atoms with E-state index in [1.54, 1.807) is 12.1 Å². The fourth-order valence-corrected chi connectivity index (χ4v) is 2.66. The Balaban J connectivity index is 0.00000220. The molecule has 1 aliphatic carbocycles. The normalized spacial score (nSPS) is 17.0. The maximum Gasteiger partial charge on any atom is 0.288 e. The highest BCUT2D eigenvalue weighted by molar-refractivity contribution is 7.99. The van der Waals surface area contributed by atoms with Crippen molar-refractivity contribution in [2.45, 2.75) is 36.0 Å². The van der Waals surface area contributed by atoms with Crippen LogP contribution in [0.5, 0.6) is 0 Å². The lowest BCUT2D eigenvalue weighted by atomic mass is 9.95. The molecule has 1 atom stereocenters. The van der Waals surface area contributed by atoms with Crippen molar-refractivity contribution in [2.75, 3.05) is 6.54 Å². The van der Waals surface area contributed by atoms with Crippen LogP contribution in [0, 0.1) is 5.92 Å². The van der Waals surface area contributed by atoms with Gasteiger partial charge < -0.3 is 11.1 Å². The van der Waals surface area contributed by atoms with Crippen LogP contribution in [-0.2, 0) is 0 Å². The standard InChI is InChI=1S/C14H18F2N2OS.ClH/c1-14(8-17,10-4-5-10)18-12(19)9-2-6-11(7-3-9)20-13(15)16;/h2-3,6-7,10,13H,4-5,8,17H2,1H3,(H,18,19);1H. The molecule has 3 nitrogen and oxygen atoms in total. The van der Waals surface area contributed by atoms with Crippen LogP contribution in [0.3, 0.4) is 0 Å². The molecule has 3 N–H and O–H groups in total. The summed E-state index contributed by atoms with van der Waals surface area (Å²) in [6, 6.07) is 6.18. The van der Waals surface area contributed by atoms with Gasteiger partial charge in [0.15, 0.2) is 0 Å². The summed E-state index contributed by atoms with van der Waals surface area (Å²) < 4.78 is 24.4. The van der Waals surface area contributed by atoms with Gasteiger partial charge in [-0.25, -0.2) is 0 Å². The Kier molecular flexibility index (Phi) is 6.43. The van der Waals surface area contributed by atoms with Gasteiger partial charge in [-0.05, 0) is 49.9 Å². The van der Waals surface area contributed by atoms with Gasteiger partial charge in [-0.3, -0.25) is 4.79 Å². The molecule has 7 heteroatoms. The Morgan fingerprint density at radius 3 is 2.43 bits per heavy atom. The highest BCUT2D eigenvalue weighted by atomic mass is 35.5. The quantitative estimate of drug-likeness (QED) is 0.784. The molecule has 0 aliphatic heterocycles. The Labute approximate surface area is 133 Å². The first-order valence-electron chi connectivity index (χ1n) is 6.52. The topological polar surface area (TPSA) is 55.1 Å². The van der Waals surface area contributed by atoms with Crippen LogP contribution in [0.2, 0.25) is 0 Å². The lowest BCUT2D eigenvalue weighted by Crippen LogP contribution is -2.53. The smallest absolute Gasteiger partial charge is 0.288 e. The fourth-order valence-electron chi connectivity index (χ4n) is 2.16. The van der Waals surface area contributed by atoms with E-state index >= 15 is 0 Å². The zero-order valence-corrected chi connectivity index (χ0v) is 13.3. The molecule has 2 rings (SSSR count). The lowest BCUT2D eigenvalue weighted by Gasteiger charge is -2.29. The molecule has 0 aromatic heterocycles. The zero-order valence-electron chi connectivity index (χ0n) is 11.6. The van der Waals surface area contributed by atoms with Crippen LogP contribution in [0.25, 0.3) is 0 Å². The number of alkyl halides is 2. The molecule has 0 radical (unpaired) electrons. The van der Waals surface area contributed by atoms with Crippen LogP contribution in [-0.4, -0.2) is 23.7 Å². The van der Waals surface area contributed by atoms with Crippen LogP contribution in [0.4, 0.5) is 8.78 Å². The third-order valence-corrected chi connectivity index (χ3v) is 4.37. The van der Waals surface area contributed by atoms with Crippen LogP contribution in [0.1, 0.15) is 30.1 Å². The van der Waals surface area contributed by atoms with E-state index in [1.807, 2.05) is 6.92 Å². The highest BCUT2D eigenvalue weighted by Crippen LogP contribution is 2.39. The number of hydrogen-bond acceptors (Lipinski definition) is 3. The van der Waals surface area contributed by atoms with Gasteiger partial charge in [-0.2, -0.15) is 8.78 Å². The number of amides is 1. The van der Waals surface area contributed by atoms with E-state index < -0.39 is 5.76 Å². The minimum absolute atomic E-state index is 0. The minimum atomic E-state index is -2.45. The maximum absolute atomic E-state index is 12.2. The van der Waals surface area contributed by atoms with E-state index in [9.17, 15) is 13.6 Å². The first kappa shape index (κ1) is 18.2. The number of hydrogen-bond donors (Lipinski definition) is 2.